The highest BCUT2D eigenvalue weighted by Gasteiger charge is 2.29. The van der Waals surface area contributed by atoms with Gasteiger partial charge in [0.05, 0.1) is 30.5 Å². The molecule has 0 aromatic carbocycles. The van der Waals surface area contributed by atoms with Gasteiger partial charge in [-0.15, -0.1) is 11.8 Å². The van der Waals surface area contributed by atoms with Crippen LogP contribution in [0, 0.1) is 0 Å². The zero-order chi connectivity index (χ0) is 8.27. The Morgan fingerprint density at radius 1 is 1.55 bits per heavy atom. The molecule has 1 aliphatic rings. The highest BCUT2D eigenvalue weighted by molar-refractivity contribution is 8.00. The molecule has 0 radical (unpaired) electrons. The molecule has 1 aliphatic heterocycles. The lowest BCUT2D eigenvalue weighted by atomic mass is 10.1. The fourth-order valence-corrected chi connectivity index (χ4v) is 1.84. The lowest BCUT2D eigenvalue weighted by Gasteiger charge is -2.19. The molecule has 3 atom stereocenters. The van der Waals surface area contributed by atoms with Crippen molar-refractivity contribution in [1.29, 1.82) is 0 Å². The van der Waals surface area contributed by atoms with E-state index in [1.54, 1.807) is 0 Å². The SMILES string of the molecule is OCC(O)C(O)C1COCS1. The molecule has 1 fully saturated rings. The first-order valence-electron chi connectivity index (χ1n) is 3.42. The van der Waals surface area contributed by atoms with Crippen LogP contribution in [0.2, 0.25) is 0 Å². The van der Waals surface area contributed by atoms with Crippen molar-refractivity contribution in [2.24, 2.45) is 0 Å². The topological polar surface area (TPSA) is 69.9 Å². The lowest BCUT2D eigenvalue weighted by Crippen LogP contribution is -2.38. The van der Waals surface area contributed by atoms with Crippen LogP contribution in [0.25, 0.3) is 0 Å². The van der Waals surface area contributed by atoms with E-state index in [0.29, 0.717) is 12.5 Å². The smallest absolute Gasteiger partial charge is 0.104 e. The summed E-state index contributed by atoms with van der Waals surface area (Å²) in [7, 11) is 0. The fraction of sp³-hybridized carbons (Fsp3) is 1.00. The third-order valence-electron chi connectivity index (χ3n) is 1.61. The quantitative estimate of drug-likeness (QED) is 0.508. The Balaban J connectivity index is 2.32. The van der Waals surface area contributed by atoms with Crippen LogP contribution in [0.3, 0.4) is 0 Å². The van der Waals surface area contributed by atoms with Crippen molar-refractivity contribution in [2.75, 3.05) is 19.2 Å². The summed E-state index contributed by atoms with van der Waals surface area (Å²) in [6, 6.07) is 0. The van der Waals surface area contributed by atoms with Gasteiger partial charge in [0.2, 0.25) is 0 Å². The van der Waals surface area contributed by atoms with Crippen molar-refractivity contribution in [1.82, 2.24) is 0 Å². The van der Waals surface area contributed by atoms with Gasteiger partial charge in [-0.3, -0.25) is 0 Å². The van der Waals surface area contributed by atoms with E-state index in [2.05, 4.69) is 0 Å². The number of aliphatic hydroxyl groups is 3. The molecule has 4 nitrogen and oxygen atoms in total. The molecule has 0 spiro atoms. The Morgan fingerprint density at radius 3 is 2.73 bits per heavy atom. The molecule has 0 bridgehead atoms. The van der Waals surface area contributed by atoms with Crippen LogP contribution in [0.4, 0.5) is 0 Å². The molecule has 0 aromatic rings. The van der Waals surface area contributed by atoms with Gasteiger partial charge in [0, 0.05) is 0 Å². The Labute approximate surface area is 69.2 Å². The third kappa shape index (κ3) is 2.31. The normalized spacial score (nSPS) is 30.3. The molecule has 1 heterocycles. The minimum atomic E-state index is -1.05. The molecule has 3 unspecified atom stereocenters. The average molecular weight is 180 g/mol. The van der Waals surface area contributed by atoms with Crippen LogP contribution < -0.4 is 0 Å². The lowest BCUT2D eigenvalue weighted by molar-refractivity contribution is -0.0201. The number of ether oxygens (including phenoxy) is 1. The zero-order valence-corrected chi connectivity index (χ0v) is 6.83. The molecule has 11 heavy (non-hydrogen) atoms. The monoisotopic (exact) mass is 180 g/mol. The van der Waals surface area contributed by atoms with Crippen LogP contribution in [-0.4, -0.2) is 51.9 Å². The largest absolute Gasteiger partial charge is 0.394 e. The number of aliphatic hydroxyl groups excluding tert-OH is 3. The molecule has 0 aliphatic carbocycles. The number of hydrogen-bond donors (Lipinski definition) is 3. The first-order valence-corrected chi connectivity index (χ1v) is 4.47. The van der Waals surface area contributed by atoms with Crippen LogP contribution in [0.1, 0.15) is 0 Å². The van der Waals surface area contributed by atoms with Crippen molar-refractivity contribution < 1.29 is 20.1 Å². The number of thioether (sulfide) groups is 1. The Morgan fingerprint density at radius 2 is 2.27 bits per heavy atom. The van der Waals surface area contributed by atoms with E-state index >= 15 is 0 Å². The summed E-state index contributed by atoms with van der Waals surface area (Å²) in [4.78, 5) is 0. The van der Waals surface area contributed by atoms with Gasteiger partial charge in [0.1, 0.15) is 6.10 Å². The van der Waals surface area contributed by atoms with E-state index in [1.807, 2.05) is 0 Å². The standard InChI is InChI=1S/C6H12O4S/c7-1-4(8)6(9)5-2-10-3-11-5/h4-9H,1-3H2. The predicted octanol–water partition coefficient (Wildman–Crippen LogP) is -1.21. The molecule has 1 rings (SSSR count). The predicted molar refractivity (Wildman–Crippen MR) is 41.3 cm³/mol. The Kier molecular flexibility index (Phi) is 3.61. The van der Waals surface area contributed by atoms with Gasteiger partial charge in [-0.1, -0.05) is 0 Å². The molecule has 1 saturated heterocycles. The Bertz CT molecular complexity index is 115. The molecule has 3 N–H and O–H groups in total. The first kappa shape index (κ1) is 9.28. The van der Waals surface area contributed by atoms with Crippen LogP contribution >= 0.6 is 11.8 Å². The second-order valence-electron chi connectivity index (χ2n) is 2.43. The summed E-state index contributed by atoms with van der Waals surface area (Å²) < 4.78 is 4.98. The number of hydrogen-bond acceptors (Lipinski definition) is 5. The van der Waals surface area contributed by atoms with Crippen molar-refractivity contribution in [3.63, 3.8) is 0 Å². The molecule has 5 heteroatoms. The van der Waals surface area contributed by atoms with Gasteiger partial charge >= 0.3 is 0 Å². The molecule has 0 amide bonds. The second kappa shape index (κ2) is 4.27. The summed E-state index contributed by atoms with van der Waals surface area (Å²) >= 11 is 1.45. The summed E-state index contributed by atoms with van der Waals surface area (Å²) in [6.45, 7) is 0.0428. The van der Waals surface area contributed by atoms with Gasteiger partial charge in [0.25, 0.3) is 0 Å². The van der Waals surface area contributed by atoms with Gasteiger partial charge in [-0.25, -0.2) is 0 Å². The van der Waals surface area contributed by atoms with E-state index in [1.165, 1.54) is 11.8 Å². The first-order chi connectivity index (χ1) is 5.25. The molecule has 0 saturated carbocycles. The minimum Gasteiger partial charge on any atom is -0.394 e. The zero-order valence-electron chi connectivity index (χ0n) is 6.01. The minimum absolute atomic E-state index is 0.0999. The maximum atomic E-state index is 9.31. The second-order valence-corrected chi connectivity index (χ2v) is 3.61. The van der Waals surface area contributed by atoms with Crippen molar-refractivity contribution in [3.05, 3.63) is 0 Å². The highest BCUT2D eigenvalue weighted by Crippen LogP contribution is 2.23. The molecular formula is C6H12O4S. The maximum absolute atomic E-state index is 9.31. The van der Waals surface area contributed by atoms with Crippen LogP contribution in [-0.2, 0) is 4.74 Å². The van der Waals surface area contributed by atoms with E-state index in [0.717, 1.165) is 0 Å². The van der Waals surface area contributed by atoms with Gasteiger partial charge in [-0.2, -0.15) is 0 Å². The Hall–Kier alpha value is 0.190. The fourth-order valence-electron chi connectivity index (χ4n) is 0.901. The van der Waals surface area contributed by atoms with E-state index in [4.69, 9.17) is 14.9 Å². The molecule has 66 valence electrons. The summed E-state index contributed by atoms with van der Waals surface area (Å²) in [5.74, 6) is 0.555. The summed E-state index contributed by atoms with van der Waals surface area (Å²) in [5, 5.41) is 26.7. The van der Waals surface area contributed by atoms with Crippen molar-refractivity contribution in [3.8, 4) is 0 Å². The van der Waals surface area contributed by atoms with Crippen LogP contribution in [0.15, 0.2) is 0 Å². The number of rotatable bonds is 3. The summed E-state index contributed by atoms with van der Waals surface area (Å²) in [6.07, 6.45) is -1.93. The average Bonchev–Trinajstić information content (AvgIpc) is 2.53. The third-order valence-corrected chi connectivity index (χ3v) is 2.76. The summed E-state index contributed by atoms with van der Waals surface area (Å²) in [5.41, 5.74) is 0. The highest BCUT2D eigenvalue weighted by atomic mass is 32.2. The van der Waals surface area contributed by atoms with Gasteiger partial charge in [-0.05, 0) is 0 Å². The van der Waals surface area contributed by atoms with E-state index in [-0.39, 0.29) is 5.25 Å². The van der Waals surface area contributed by atoms with Gasteiger partial charge < -0.3 is 20.1 Å². The maximum Gasteiger partial charge on any atom is 0.104 e. The van der Waals surface area contributed by atoms with E-state index < -0.39 is 18.8 Å². The van der Waals surface area contributed by atoms with Crippen molar-refractivity contribution in [2.45, 2.75) is 17.5 Å². The van der Waals surface area contributed by atoms with Gasteiger partial charge in [0.15, 0.2) is 0 Å². The molecular weight excluding hydrogens is 168 g/mol. The van der Waals surface area contributed by atoms with Crippen LogP contribution in [0.5, 0.6) is 0 Å². The van der Waals surface area contributed by atoms with E-state index in [9.17, 15) is 5.11 Å². The molecule has 0 aromatic heterocycles. The van der Waals surface area contributed by atoms with Crippen molar-refractivity contribution >= 4 is 11.8 Å².